The standard InChI is InChI=1S/C11H11NO2S/c1-15(13,14)11-7-3-4-8-9(11)5-2-6-10(8)12/h2-7H,12H2,1H3. The second-order valence-electron chi connectivity index (χ2n) is 3.47. The lowest BCUT2D eigenvalue weighted by molar-refractivity contribution is 0.602. The summed E-state index contributed by atoms with van der Waals surface area (Å²) in [5, 5.41) is 1.46. The molecule has 0 bridgehead atoms. The van der Waals surface area contributed by atoms with Crippen LogP contribution in [0.15, 0.2) is 41.3 Å². The van der Waals surface area contributed by atoms with E-state index in [2.05, 4.69) is 0 Å². The second kappa shape index (κ2) is 3.24. The first-order chi connectivity index (χ1) is 7.00. The summed E-state index contributed by atoms with van der Waals surface area (Å²) >= 11 is 0. The van der Waals surface area contributed by atoms with Crippen molar-refractivity contribution in [3.8, 4) is 0 Å². The van der Waals surface area contributed by atoms with Gasteiger partial charge in [-0.25, -0.2) is 8.42 Å². The van der Waals surface area contributed by atoms with E-state index < -0.39 is 9.84 Å². The molecule has 78 valence electrons. The molecule has 4 heteroatoms. The highest BCUT2D eigenvalue weighted by Crippen LogP contribution is 2.26. The molecule has 0 saturated carbocycles. The molecular weight excluding hydrogens is 210 g/mol. The zero-order valence-corrected chi connectivity index (χ0v) is 9.08. The van der Waals surface area contributed by atoms with Gasteiger partial charge in [-0.15, -0.1) is 0 Å². The molecule has 2 aromatic carbocycles. The van der Waals surface area contributed by atoms with Gasteiger partial charge in [0.25, 0.3) is 0 Å². The first-order valence-corrected chi connectivity index (χ1v) is 6.36. The van der Waals surface area contributed by atoms with Crippen LogP contribution in [0.3, 0.4) is 0 Å². The summed E-state index contributed by atoms with van der Waals surface area (Å²) in [5.74, 6) is 0. The third-order valence-corrected chi connectivity index (χ3v) is 3.47. The van der Waals surface area contributed by atoms with Crippen LogP contribution in [-0.4, -0.2) is 14.7 Å². The molecule has 15 heavy (non-hydrogen) atoms. The molecule has 0 aromatic heterocycles. The Morgan fingerprint density at radius 1 is 1.00 bits per heavy atom. The number of rotatable bonds is 1. The average Bonchev–Trinajstić information content (AvgIpc) is 2.16. The lowest BCUT2D eigenvalue weighted by Crippen LogP contribution is -1.98. The first-order valence-electron chi connectivity index (χ1n) is 4.47. The van der Waals surface area contributed by atoms with Crippen molar-refractivity contribution in [1.82, 2.24) is 0 Å². The molecular formula is C11H11NO2S. The van der Waals surface area contributed by atoms with Crippen LogP contribution in [0.1, 0.15) is 0 Å². The summed E-state index contributed by atoms with van der Waals surface area (Å²) in [6.45, 7) is 0. The van der Waals surface area contributed by atoms with E-state index in [0.717, 1.165) is 5.39 Å². The minimum absolute atomic E-state index is 0.326. The molecule has 0 saturated heterocycles. The van der Waals surface area contributed by atoms with Gasteiger partial charge in [0.2, 0.25) is 0 Å². The fraction of sp³-hybridized carbons (Fsp3) is 0.0909. The molecule has 0 radical (unpaired) electrons. The van der Waals surface area contributed by atoms with Crippen LogP contribution in [0.2, 0.25) is 0 Å². The maximum Gasteiger partial charge on any atom is 0.176 e. The van der Waals surface area contributed by atoms with Crippen molar-refractivity contribution in [3.63, 3.8) is 0 Å². The Morgan fingerprint density at radius 3 is 2.27 bits per heavy atom. The third-order valence-electron chi connectivity index (χ3n) is 2.32. The smallest absolute Gasteiger partial charge is 0.176 e. The van der Waals surface area contributed by atoms with E-state index in [1.165, 1.54) is 6.26 Å². The van der Waals surface area contributed by atoms with E-state index in [4.69, 9.17) is 5.73 Å². The molecule has 0 heterocycles. The van der Waals surface area contributed by atoms with Gasteiger partial charge in [-0.3, -0.25) is 0 Å². The van der Waals surface area contributed by atoms with E-state index in [1.807, 2.05) is 6.07 Å². The molecule has 0 unspecified atom stereocenters. The lowest BCUT2D eigenvalue weighted by Gasteiger charge is -2.06. The fourth-order valence-corrected chi connectivity index (χ4v) is 2.53. The number of nitrogen functional groups attached to an aromatic ring is 1. The molecule has 0 amide bonds. The molecule has 0 aliphatic rings. The predicted octanol–water partition coefficient (Wildman–Crippen LogP) is 1.83. The Balaban J connectivity index is 2.96. The van der Waals surface area contributed by atoms with Gasteiger partial charge in [0, 0.05) is 22.7 Å². The predicted molar refractivity (Wildman–Crippen MR) is 61.5 cm³/mol. The van der Waals surface area contributed by atoms with Crippen molar-refractivity contribution in [2.75, 3.05) is 12.0 Å². The maximum absolute atomic E-state index is 11.5. The Kier molecular flexibility index (Phi) is 2.16. The summed E-state index contributed by atoms with van der Waals surface area (Å²) in [6, 6.07) is 10.4. The van der Waals surface area contributed by atoms with Crippen LogP contribution in [0, 0.1) is 0 Å². The van der Waals surface area contributed by atoms with Gasteiger partial charge in [-0.2, -0.15) is 0 Å². The van der Waals surface area contributed by atoms with Gasteiger partial charge in [0.1, 0.15) is 0 Å². The fourth-order valence-electron chi connectivity index (χ4n) is 1.63. The highest BCUT2D eigenvalue weighted by molar-refractivity contribution is 7.91. The number of sulfone groups is 1. The summed E-state index contributed by atoms with van der Waals surface area (Å²) in [4.78, 5) is 0.326. The van der Waals surface area contributed by atoms with Gasteiger partial charge in [0.05, 0.1) is 4.90 Å². The number of nitrogens with two attached hydrogens (primary N) is 1. The summed E-state index contributed by atoms with van der Waals surface area (Å²) < 4.78 is 23.0. The number of hydrogen-bond acceptors (Lipinski definition) is 3. The van der Waals surface area contributed by atoms with Crippen molar-refractivity contribution in [3.05, 3.63) is 36.4 Å². The Labute approximate surface area is 88.4 Å². The highest BCUT2D eigenvalue weighted by atomic mass is 32.2. The largest absolute Gasteiger partial charge is 0.398 e. The average molecular weight is 221 g/mol. The van der Waals surface area contributed by atoms with Gasteiger partial charge in [-0.05, 0) is 12.1 Å². The van der Waals surface area contributed by atoms with E-state index >= 15 is 0 Å². The lowest BCUT2D eigenvalue weighted by atomic mass is 10.1. The quantitative estimate of drug-likeness (QED) is 0.747. The van der Waals surface area contributed by atoms with Gasteiger partial charge in [-0.1, -0.05) is 24.3 Å². The van der Waals surface area contributed by atoms with Crippen molar-refractivity contribution in [2.45, 2.75) is 4.90 Å². The third kappa shape index (κ3) is 1.68. The Morgan fingerprint density at radius 2 is 1.60 bits per heavy atom. The minimum Gasteiger partial charge on any atom is -0.398 e. The maximum atomic E-state index is 11.5. The first kappa shape index (κ1) is 9.98. The van der Waals surface area contributed by atoms with Gasteiger partial charge < -0.3 is 5.73 Å². The van der Waals surface area contributed by atoms with Gasteiger partial charge >= 0.3 is 0 Å². The molecule has 0 aliphatic heterocycles. The number of anilines is 1. The van der Waals surface area contributed by atoms with Crippen molar-refractivity contribution >= 4 is 26.3 Å². The van der Waals surface area contributed by atoms with Crippen LogP contribution in [0.4, 0.5) is 5.69 Å². The summed E-state index contributed by atoms with van der Waals surface area (Å²) in [5.41, 5.74) is 6.37. The van der Waals surface area contributed by atoms with E-state index in [-0.39, 0.29) is 0 Å². The second-order valence-corrected chi connectivity index (χ2v) is 5.45. The van der Waals surface area contributed by atoms with Crippen LogP contribution in [0.25, 0.3) is 10.8 Å². The molecule has 2 N–H and O–H groups in total. The highest BCUT2D eigenvalue weighted by Gasteiger charge is 2.11. The van der Waals surface area contributed by atoms with E-state index in [1.54, 1.807) is 30.3 Å². The molecule has 0 fully saturated rings. The minimum atomic E-state index is -3.20. The van der Waals surface area contributed by atoms with Crippen LogP contribution in [0.5, 0.6) is 0 Å². The monoisotopic (exact) mass is 221 g/mol. The molecule has 3 nitrogen and oxygen atoms in total. The Bertz CT molecular complexity index is 618. The van der Waals surface area contributed by atoms with E-state index in [0.29, 0.717) is 16.0 Å². The molecule has 2 aromatic rings. The summed E-state index contributed by atoms with van der Waals surface area (Å²) in [6.07, 6.45) is 1.20. The molecule has 2 rings (SSSR count). The van der Waals surface area contributed by atoms with Gasteiger partial charge in [0.15, 0.2) is 9.84 Å². The SMILES string of the molecule is CS(=O)(=O)c1cccc2c(N)cccc12. The molecule has 0 aliphatic carbocycles. The van der Waals surface area contributed by atoms with Crippen LogP contribution in [-0.2, 0) is 9.84 Å². The normalized spacial score (nSPS) is 11.8. The van der Waals surface area contributed by atoms with Crippen LogP contribution < -0.4 is 5.73 Å². The van der Waals surface area contributed by atoms with Crippen molar-refractivity contribution in [1.29, 1.82) is 0 Å². The zero-order chi connectivity index (χ0) is 11.1. The van der Waals surface area contributed by atoms with E-state index in [9.17, 15) is 8.42 Å². The summed E-state index contributed by atoms with van der Waals surface area (Å²) in [7, 11) is -3.20. The van der Waals surface area contributed by atoms with Crippen molar-refractivity contribution in [2.24, 2.45) is 0 Å². The van der Waals surface area contributed by atoms with Crippen LogP contribution >= 0.6 is 0 Å². The number of fused-ring (bicyclic) bond motifs is 1. The zero-order valence-electron chi connectivity index (χ0n) is 8.27. The molecule has 0 spiro atoms. The molecule has 0 atom stereocenters. The van der Waals surface area contributed by atoms with Crippen molar-refractivity contribution < 1.29 is 8.42 Å². The Hall–Kier alpha value is -1.55. The topological polar surface area (TPSA) is 60.2 Å². The number of benzene rings is 2. The number of hydrogen-bond donors (Lipinski definition) is 1.